The number of aliphatic imine (C=N–C) groups is 1. The van der Waals surface area contributed by atoms with E-state index in [0.29, 0.717) is 10.9 Å². The third kappa shape index (κ3) is 3.30. The summed E-state index contributed by atoms with van der Waals surface area (Å²) in [4.78, 5) is 18.2. The molecule has 0 spiro atoms. The lowest BCUT2D eigenvalue weighted by atomic mass is 10.2. The Morgan fingerprint density at radius 2 is 2.12 bits per heavy atom. The van der Waals surface area contributed by atoms with E-state index in [1.165, 1.54) is 11.8 Å². The zero-order valence-electron chi connectivity index (χ0n) is 13.8. The van der Waals surface area contributed by atoms with Crippen molar-refractivity contribution in [3.05, 3.63) is 24.3 Å². The summed E-state index contributed by atoms with van der Waals surface area (Å²) in [6.45, 7) is 3.60. The highest BCUT2D eigenvalue weighted by molar-refractivity contribution is 8.16. The van der Waals surface area contributed by atoms with Crippen molar-refractivity contribution in [2.24, 2.45) is 10.9 Å². The van der Waals surface area contributed by atoms with E-state index in [-0.39, 0.29) is 34.6 Å². The van der Waals surface area contributed by atoms with Gasteiger partial charge in [0.05, 0.1) is 24.7 Å². The molecule has 6 nitrogen and oxygen atoms in total. The maximum absolute atomic E-state index is 12.1. The highest BCUT2D eigenvalue weighted by Crippen LogP contribution is 2.41. The van der Waals surface area contributed by atoms with Gasteiger partial charge in [-0.3, -0.25) is 4.79 Å². The molecule has 0 aromatic heterocycles. The lowest BCUT2D eigenvalue weighted by Crippen LogP contribution is -2.37. The van der Waals surface area contributed by atoms with Crippen molar-refractivity contribution >= 4 is 38.4 Å². The molecule has 2 aliphatic heterocycles. The van der Waals surface area contributed by atoms with Crippen molar-refractivity contribution in [1.82, 2.24) is 0 Å². The van der Waals surface area contributed by atoms with Crippen molar-refractivity contribution in [2.75, 3.05) is 23.5 Å². The van der Waals surface area contributed by atoms with Crippen LogP contribution >= 0.6 is 11.8 Å². The number of methoxy groups -OCH3 is 1. The van der Waals surface area contributed by atoms with E-state index in [1.54, 1.807) is 21.0 Å². The van der Waals surface area contributed by atoms with Gasteiger partial charge >= 0.3 is 0 Å². The molecule has 0 N–H and O–H groups in total. The first-order valence-corrected chi connectivity index (χ1v) is 10.4. The van der Waals surface area contributed by atoms with E-state index in [0.717, 1.165) is 5.69 Å². The van der Waals surface area contributed by atoms with Crippen LogP contribution in [0.2, 0.25) is 0 Å². The summed E-state index contributed by atoms with van der Waals surface area (Å²) in [6.07, 6.45) is 0. The summed E-state index contributed by atoms with van der Waals surface area (Å²) in [7, 11) is -1.48. The number of ether oxygens (including phenoxy) is 1. The van der Waals surface area contributed by atoms with E-state index in [1.807, 2.05) is 29.2 Å². The summed E-state index contributed by atoms with van der Waals surface area (Å²) >= 11 is 1.38. The molecule has 1 amide bonds. The Labute approximate surface area is 146 Å². The normalized spacial score (nSPS) is 26.8. The number of carbonyl (C=O) groups excluding carboxylic acids is 1. The molecule has 0 bridgehead atoms. The van der Waals surface area contributed by atoms with Gasteiger partial charge in [0.1, 0.15) is 5.75 Å². The molecule has 0 aliphatic carbocycles. The molecular weight excluding hydrogens is 348 g/mol. The third-order valence-electron chi connectivity index (χ3n) is 4.10. The largest absolute Gasteiger partial charge is 0.497 e. The van der Waals surface area contributed by atoms with Crippen LogP contribution in [0.25, 0.3) is 0 Å². The zero-order chi connectivity index (χ0) is 17.5. The molecule has 0 unspecified atom stereocenters. The van der Waals surface area contributed by atoms with Crippen LogP contribution in [0.1, 0.15) is 13.8 Å². The minimum atomic E-state index is -3.06. The first kappa shape index (κ1) is 17.3. The zero-order valence-corrected chi connectivity index (χ0v) is 15.4. The fraction of sp³-hybridized carbons (Fsp3) is 0.500. The van der Waals surface area contributed by atoms with Crippen molar-refractivity contribution in [3.8, 4) is 5.75 Å². The van der Waals surface area contributed by atoms with Crippen molar-refractivity contribution in [2.45, 2.75) is 25.1 Å². The predicted octanol–water partition coefficient (Wildman–Crippen LogP) is 1.95. The number of fused-ring (bicyclic) bond motifs is 1. The summed E-state index contributed by atoms with van der Waals surface area (Å²) in [5.74, 6) is 0.480. The Bertz CT molecular complexity index is 789. The lowest BCUT2D eigenvalue weighted by molar-refractivity contribution is -0.120. The standard InChI is InChI=1S/C16H20N2O4S2/c1-10(2)15(19)17-16-18(11-5-4-6-12(7-11)22-3)13-8-24(20,21)9-14(13)23-16/h4-7,10,13-14H,8-9H2,1-3H3/t13-,14-/m1/s1. The van der Waals surface area contributed by atoms with E-state index in [9.17, 15) is 13.2 Å². The number of nitrogens with zero attached hydrogens (tertiary/aromatic N) is 2. The molecule has 2 fully saturated rings. The van der Waals surface area contributed by atoms with Gasteiger partial charge in [0, 0.05) is 22.9 Å². The predicted molar refractivity (Wildman–Crippen MR) is 96.6 cm³/mol. The maximum atomic E-state index is 12.1. The number of rotatable bonds is 3. The number of hydrogen-bond donors (Lipinski definition) is 0. The number of hydrogen-bond acceptors (Lipinski definition) is 5. The molecule has 1 aromatic rings. The molecule has 0 radical (unpaired) electrons. The van der Waals surface area contributed by atoms with Crippen LogP contribution in [0.15, 0.2) is 29.3 Å². The Balaban J connectivity index is 2.02. The lowest BCUT2D eigenvalue weighted by Gasteiger charge is -2.25. The molecule has 2 atom stereocenters. The van der Waals surface area contributed by atoms with Crippen LogP contribution in [0.3, 0.4) is 0 Å². The van der Waals surface area contributed by atoms with Crippen LogP contribution in [0.5, 0.6) is 5.75 Å². The van der Waals surface area contributed by atoms with E-state index in [2.05, 4.69) is 4.99 Å². The second-order valence-corrected chi connectivity index (χ2v) is 9.62. The molecule has 0 saturated carbocycles. The van der Waals surface area contributed by atoms with Crippen LogP contribution in [-0.4, -0.2) is 49.4 Å². The number of carbonyl (C=O) groups is 1. The smallest absolute Gasteiger partial charge is 0.250 e. The van der Waals surface area contributed by atoms with Crippen LogP contribution < -0.4 is 9.64 Å². The molecule has 1 aromatic carbocycles. The molecule has 2 heterocycles. The number of amidine groups is 1. The molecular formula is C16H20N2O4S2. The van der Waals surface area contributed by atoms with Gasteiger partial charge in [0.2, 0.25) is 0 Å². The second-order valence-electron chi connectivity index (χ2n) is 6.26. The quantitative estimate of drug-likeness (QED) is 0.812. The Hall–Kier alpha value is -1.54. The second kappa shape index (κ2) is 6.40. The average Bonchev–Trinajstić information content (AvgIpc) is 2.98. The molecule has 3 rings (SSSR count). The molecule has 24 heavy (non-hydrogen) atoms. The van der Waals surface area contributed by atoms with E-state index < -0.39 is 9.84 Å². The highest BCUT2D eigenvalue weighted by Gasteiger charge is 2.49. The monoisotopic (exact) mass is 368 g/mol. The highest BCUT2D eigenvalue weighted by atomic mass is 32.2. The first-order chi connectivity index (χ1) is 11.3. The minimum Gasteiger partial charge on any atom is -0.497 e. The van der Waals surface area contributed by atoms with Crippen molar-refractivity contribution in [3.63, 3.8) is 0 Å². The molecule has 2 aliphatic rings. The van der Waals surface area contributed by atoms with E-state index >= 15 is 0 Å². The van der Waals surface area contributed by atoms with Crippen molar-refractivity contribution in [1.29, 1.82) is 0 Å². The van der Waals surface area contributed by atoms with Gasteiger partial charge in [-0.15, -0.1) is 0 Å². The van der Waals surface area contributed by atoms with Gasteiger partial charge in [-0.1, -0.05) is 31.7 Å². The van der Waals surface area contributed by atoms with Gasteiger partial charge < -0.3 is 9.64 Å². The fourth-order valence-corrected chi connectivity index (χ4v) is 6.77. The summed E-state index contributed by atoms with van der Waals surface area (Å²) in [6, 6.07) is 7.18. The number of benzene rings is 1. The van der Waals surface area contributed by atoms with Crippen molar-refractivity contribution < 1.29 is 17.9 Å². The number of anilines is 1. The van der Waals surface area contributed by atoms with Gasteiger partial charge in [-0.25, -0.2) is 8.42 Å². The maximum Gasteiger partial charge on any atom is 0.250 e. The SMILES string of the molecule is COc1cccc(N2C(=NC(=O)C(C)C)S[C@@H]3CS(=O)(=O)C[C@H]32)c1. The van der Waals surface area contributed by atoms with Gasteiger partial charge in [-0.05, 0) is 12.1 Å². The minimum absolute atomic E-state index is 0.0801. The number of amides is 1. The van der Waals surface area contributed by atoms with Gasteiger partial charge in [0.15, 0.2) is 15.0 Å². The average molecular weight is 368 g/mol. The fourth-order valence-electron chi connectivity index (χ4n) is 2.85. The molecule has 2 saturated heterocycles. The van der Waals surface area contributed by atoms with Crippen LogP contribution in [0.4, 0.5) is 5.69 Å². The number of thioether (sulfide) groups is 1. The van der Waals surface area contributed by atoms with Crippen LogP contribution in [-0.2, 0) is 14.6 Å². The van der Waals surface area contributed by atoms with Crippen LogP contribution in [0, 0.1) is 5.92 Å². The Morgan fingerprint density at radius 3 is 2.79 bits per heavy atom. The van der Waals surface area contributed by atoms with Gasteiger partial charge in [0.25, 0.3) is 5.91 Å². The first-order valence-electron chi connectivity index (χ1n) is 7.73. The van der Waals surface area contributed by atoms with Gasteiger partial charge in [-0.2, -0.15) is 4.99 Å². The third-order valence-corrected chi connectivity index (χ3v) is 7.31. The topological polar surface area (TPSA) is 76.0 Å². The Kier molecular flexibility index (Phi) is 4.61. The number of sulfone groups is 1. The van der Waals surface area contributed by atoms with E-state index in [4.69, 9.17) is 4.74 Å². The molecule has 130 valence electrons. The summed E-state index contributed by atoms with van der Waals surface area (Å²) in [5, 5.41) is 0.478. The molecule has 8 heteroatoms. The Morgan fingerprint density at radius 1 is 1.38 bits per heavy atom. The summed E-state index contributed by atoms with van der Waals surface area (Å²) in [5.41, 5.74) is 0.793. The summed E-state index contributed by atoms with van der Waals surface area (Å²) < 4.78 is 29.3.